The smallest absolute Gasteiger partial charge is 0.269 e. The van der Waals surface area contributed by atoms with Crippen LogP contribution in [0.2, 0.25) is 0 Å². The molecule has 0 atom stereocenters. The van der Waals surface area contributed by atoms with Crippen LogP contribution in [-0.4, -0.2) is 18.1 Å². The summed E-state index contributed by atoms with van der Waals surface area (Å²) in [5, 5.41) is 13.0. The Kier molecular flexibility index (Phi) is 6.85. The van der Waals surface area contributed by atoms with Crippen molar-refractivity contribution in [1.82, 2.24) is 0 Å². The molecule has 0 radical (unpaired) electrons. The van der Waals surface area contributed by atoms with E-state index in [-0.39, 0.29) is 18.9 Å². The quantitative estimate of drug-likeness (QED) is 0.233. The van der Waals surface area contributed by atoms with Gasteiger partial charge in [-0.3, -0.25) is 10.1 Å². The maximum Gasteiger partial charge on any atom is 0.269 e. The van der Waals surface area contributed by atoms with Crippen molar-refractivity contribution >= 4 is 16.5 Å². The van der Waals surface area contributed by atoms with Crippen LogP contribution < -0.4 is 9.47 Å². The third-order valence-corrected chi connectivity index (χ3v) is 4.76. The second-order valence-corrected chi connectivity index (χ2v) is 6.99. The minimum Gasteiger partial charge on any atom is -0.481 e. The summed E-state index contributed by atoms with van der Waals surface area (Å²) in [6.07, 6.45) is 0. The van der Waals surface area contributed by atoms with E-state index < -0.39 is 4.92 Å². The Balaban J connectivity index is 1.35. The summed E-state index contributed by atoms with van der Waals surface area (Å²) in [4.78, 5) is 10.2. The molecule has 0 saturated heterocycles. The van der Waals surface area contributed by atoms with Crippen LogP contribution in [0.25, 0.3) is 10.8 Å². The van der Waals surface area contributed by atoms with Gasteiger partial charge in [0.25, 0.3) is 5.69 Å². The fourth-order valence-electron chi connectivity index (χ4n) is 3.12. The summed E-state index contributed by atoms with van der Waals surface area (Å²) in [5.74, 6) is 13.5. The molecule has 4 aromatic carbocycles. The van der Waals surface area contributed by atoms with Gasteiger partial charge >= 0.3 is 0 Å². The lowest BCUT2D eigenvalue weighted by atomic mass is 10.1. The van der Waals surface area contributed by atoms with Crippen LogP contribution in [0.15, 0.2) is 91.0 Å². The van der Waals surface area contributed by atoms with Crippen molar-refractivity contribution in [1.29, 1.82) is 0 Å². The number of nitro groups is 1. The molecular formula is C28H19NO4. The topological polar surface area (TPSA) is 61.6 Å². The van der Waals surface area contributed by atoms with Gasteiger partial charge in [-0.2, -0.15) is 0 Å². The Bertz CT molecular complexity index is 1400. The maximum absolute atomic E-state index is 10.7. The number of rotatable bonds is 5. The van der Waals surface area contributed by atoms with Crippen LogP contribution in [-0.2, 0) is 0 Å². The van der Waals surface area contributed by atoms with Gasteiger partial charge in [0.2, 0.25) is 0 Å². The van der Waals surface area contributed by atoms with Gasteiger partial charge in [0.1, 0.15) is 24.7 Å². The SMILES string of the molecule is O=[N+]([O-])c1ccc(OCC#Cc2ccccc2C#CCOc2ccc3ccccc3c2)cc1. The van der Waals surface area contributed by atoms with Crippen LogP contribution >= 0.6 is 0 Å². The minimum atomic E-state index is -0.450. The van der Waals surface area contributed by atoms with E-state index in [9.17, 15) is 10.1 Å². The number of nitro benzene ring substituents is 1. The van der Waals surface area contributed by atoms with Crippen molar-refractivity contribution in [3.8, 4) is 35.2 Å². The van der Waals surface area contributed by atoms with E-state index >= 15 is 0 Å². The largest absolute Gasteiger partial charge is 0.481 e. The van der Waals surface area contributed by atoms with E-state index in [4.69, 9.17) is 9.47 Å². The van der Waals surface area contributed by atoms with Gasteiger partial charge in [-0.1, -0.05) is 66.1 Å². The molecule has 0 spiro atoms. The molecule has 0 heterocycles. The highest BCUT2D eigenvalue weighted by atomic mass is 16.6. The molecule has 0 unspecified atom stereocenters. The zero-order valence-corrected chi connectivity index (χ0v) is 17.7. The molecule has 0 saturated carbocycles. The van der Waals surface area contributed by atoms with Crippen molar-refractivity contribution in [2.75, 3.05) is 13.2 Å². The molecular weight excluding hydrogens is 414 g/mol. The lowest BCUT2D eigenvalue weighted by Crippen LogP contribution is -1.95. The molecule has 0 aliphatic rings. The standard InChI is InChI=1S/C28H19NO4/c30-29(31)26-14-17-27(18-15-26)32-19-5-11-22-7-1-2-8-23(22)12-6-20-33-28-16-13-24-9-3-4-10-25(24)21-28/h1-4,7-10,13-18,21H,19-20H2. The third kappa shape index (κ3) is 5.91. The summed E-state index contributed by atoms with van der Waals surface area (Å²) in [6.45, 7) is 0.425. The van der Waals surface area contributed by atoms with Crippen molar-refractivity contribution in [2.24, 2.45) is 0 Å². The van der Waals surface area contributed by atoms with Crippen molar-refractivity contribution in [3.05, 3.63) is 112 Å². The average Bonchev–Trinajstić information content (AvgIpc) is 2.85. The predicted molar refractivity (Wildman–Crippen MR) is 128 cm³/mol. The van der Waals surface area contributed by atoms with E-state index in [2.05, 4.69) is 29.7 Å². The molecule has 0 aliphatic carbocycles. The van der Waals surface area contributed by atoms with E-state index in [0.29, 0.717) is 5.75 Å². The molecule has 0 aromatic heterocycles. The molecule has 5 nitrogen and oxygen atoms in total. The Morgan fingerprint density at radius 2 is 1.21 bits per heavy atom. The molecule has 5 heteroatoms. The highest BCUT2D eigenvalue weighted by Crippen LogP contribution is 2.20. The summed E-state index contributed by atoms with van der Waals surface area (Å²) in [5.41, 5.74) is 1.62. The lowest BCUT2D eigenvalue weighted by Gasteiger charge is -2.03. The summed E-state index contributed by atoms with van der Waals surface area (Å²) in [7, 11) is 0. The van der Waals surface area contributed by atoms with Gasteiger partial charge in [0.15, 0.2) is 0 Å². The first kappa shape index (κ1) is 21.5. The molecule has 0 fully saturated rings. The summed E-state index contributed by atoms with van der Waals surface area (Å²) < 4.78 is 11.3. The van der Waals surface area contributed by atoms with E-state index in [1.807, 2.05) is 60.7 Å². The van der Waals surface area contributed by atoms with Crippen LogP contribution in [0, 0.1) is 33.8 Å². The molecule has 0 aliphatic heterocycles. The first-order valence-corrected chi connectivity index (χ1v) is 10.2. The number of non-ortho nitro benzene ring substituents is 1. The van der Waals surface area contributed by atoms with Crippen molar-refractivity contribution < 1.29 is 14.4 Å². The number of nitrogens with zero attached hydrogens (tertiary/aromatic N) is 1. The molecule has 33 heavy (non-hydrogen) atoms. The highest BCUT2D eigenvalue weighted by molar-refractivity contribution is 5.83. The van der Waals surface area contributed by atoms with Crippen LogP contribution in [0.5, 0.6) is 11.5 Å². The van der Waals surface area contributed by atoms with Gasteiger partial charge in [0.05, 0.1) is 4.92 Å². The van der Waals surface area contributed by atoms with Crippen molar-refractivity contribution in [3.63, 3.8) is 0 Å². The number of ether oxygens (including phenoxy) is 2. The highest BCUT2D eigenvalue weighted by Gasteiger charge is 2.03. The van der Waals surface area contributed by atoms with E-state index in [1.165, 1.54) is 17.5 Å². The Hall–Kier alpha value is -4.74. The summed E-state index contributed by atoms with van der Waals surface area (Å²) in [6, 6.07) is 27.6. The molecule has 160 valence electrons. The summed E-state index contributed by atoms with van der Waals surface area (Å²) >= 11 is 0. The Labute approximate surface area is 191 Å². The van der Waals surface area contributed by atoms with Gasteiger partial charge < -0.3 is 9.47 Å². The first-order chi connectivity index (χ1) is 16.2. The molecule has 4 aromatic rings. The number of hydrogen-bond donors (Lipinski definition) is 0. The van der Waals surface area contributed by atoms with E-state index in [1.54, 1.807) is 12.1 Å². The van der Waals surface area contributed by atoms with Gasteiger partial charge in [-0.05, 0) is 47.2 Å². The Morgan fingerprint density at radius 3 is 1.85 bits per heavy atom. The van der Waals surface area contributed by atoms with Crippen LogP contribution in [0.1, 0.15) is 11.1 Å². The van der Waals surface area contributed by atoms with E-state index in [0.717, 1.165) is 22.3 Å². The number of hydrogen-bond acceptors (Lipinski definition) is 4. The fourth-order valence-corrected chi connectivity index (χ4v) is 3.12. The van der Waals surface area contributed by atoms with Crippen LogP contribution in [0.3, 0.4) is 0 Å². The second kappa shape index (κ2) is 10.5. The zero-order chi connectivity index (χ0) is 22.9. The normalized spacial score (nSPS) is 9.82. The molecule has 0 amide bonds. The second-order valence-electron chi connectivity index (χ2n) is 6.99. The monoisotopic (exact) mass is 433 g/mol. The predicted octanol–water partition coefficient (Wildman–Crippen LogP) is 5.61. The Morgan fingerprint density at radius 1 is 0.667 bits per heavy atom. The molecule has 0 bridgehead atoms. The molecule has 4 rings (SSSR count). The fraction of sp³-hybridized carbons (Fsp3) is 0.0714. The first-order valence-electron chi connectivity index (χ1n) is 10.2. The number of fused-ring (bicyclic) bond motifs is 1. The zero-order valence-electron chi connectivity index (χ0n) is 17.7. The maximum atomic E-state index is 10.7. The van der Waals surface area contributed by atoms with Gasteiger partial charge in [0, 0.05) is 23.3 Å². The van der Waals surface area contributed by atoms with Crippen LogP contribution in [0.4, 0.5) is 5.69 Å². The number of benzene rings is 4. The lowest BCUT2D eigenvalue weighted by molar-refractivity contribution is -0.384. The molecule has 0 N–H and O–H groups in total. The average molecular weight is 433 g/mol. The van der Waals surface area contributed by atoms with Gasteiger partial charge in [-0.15, -0.1) is 0 Å². The van der Waals surface area contributed by atoms with Crippen molar-refractivity contribution in [2.45, 2.75) is 0 Å². The van der Waals surface area contributed by atoms with Gasteiger partial charge in [-0.25, -0.2) is 0 Å². The minimum absolute atomic E-state index is 0.0190. The third-order valence-electron chi connectivity index (χ3n) is 4.76.